The fourth-order valence-corrected chi connectivity index (χ4v) is 3.12. The maximum atomic E-state index is 8.87. The largest absolute Gasteiger partial charge is 0.337 e. The van der Waals surface area contributed by atoms with E-state index in [-0.39, 0.29) is 0 Å². The monoisotopic (exact) mass is 309 g/mol. The number of hydrogen-bond donors (Lipinski definition) is 0. The number of piperazine rings is 1. The van der Waals surface area contributed by atoms with Gasteiger partial charge >= 0.3 is 0 Å². The molecular weight excluding hydrogens is 286 g/mol. The van der Waals surface area contributed by atoms with E-state index in [2.05, 4.69) is 44.5 Å². The van der Waals surface area contributed by atoms with Crippen LogP contribution in [0.15, 0.2) is 36.7 Å². The third-order valence-corrected chi connectivity index (χ3v) is 4.60. The minimum Gasteiger partial charge on any atom is -0.337 e. The lowest BCUT2D eigenvalue weighted by atomic mass is 10.1. The van der Waals surface area contributed by atoms with Gasteiger partial charge in [0.15, 0.2) is 0 Å². The molecular formula is C18H23N5. The van der Waals surface area contributed by atoms with Crippen LogP contribution in [0.3, 0.4) is 0 Å². The molecule has 5 heteroatoms. The van der Waals surface area contributed by atoms with Gasteiger partial charge in [-0.05, 0) is 24.6 Å². The molecule has 0 unspecified atom stereocenters. The van der Waals surface area contributed by atoms with E-state index in [1.54, 1.807) is 0 Å². The number of nitrogens with zero attached hydrogens (tertiary/aromatic N) is 5. The molecule has 0 N–H and O–H groups in total. The zero-order chi connectivity index (χ0) is 16.2. The number of aromatic nitrogens is 2. The molecule has 0 spiro atoms. The van der Waals surface area contributed by atoms with Crippen molar-refractivity contribution in [2.24, 2.45) is 7.05 Å². The molecule has 1 aromatic heterocycles. The van der Waals surface area contributed by atoms with E-state index in [9.17, 15) is 0 Å². The minimum absolute atomic E-state index is 0.513. The van der Waals surface area contributed by atoms with Gasteiger partial charge in [0.25, 0.3) is 0 Å². The first-order chi connectivity index (χ1) is 11.2. The van der Waals surface area contributed by atoms with Crippen molar-refractivity contribution in [3.63, 3.8) is 0 Å². The zero-order valence-corrected chi connectivity index (χ0v) is 13.8. The Bertz CT molecular complexity index is 682. The quantitative estimate of drug-likeness (QED) is 0.867. The van der Waals surface area contributed by atoms with Gasteiger partial charge < -0.3 is 4.57 Å². The lowest BCUT2D eigenvalue weighted by molar-refractivity contribution is 0.0707. The fraction of sp³-hybridized carbons (Fsp3) is 0.444. The summed E-state index contributed by atoms with van der Waals surface area (Å²) in [4.78, 5) is 9.41. The Labute approximate surface area is 137 Å². The van der Waals surface area contributed by atoms with Crippen molar-refractivity contribution in [1.82, 2.24) is 19.4 Å². The van der Waals surface area contributed by atoms with Crippen LogP contribution in [-0.4, -0.2) is 45.0 Å². The average Bonchev–Trinajstić information content (AvgIpc) is 2.96. The molecule has 0 saturated carbocycles. The molecule has 1 fully saturated rings. The number of aryl methyl sites for hydroxylation is 1. The van der Waals surface area contributed by atoms with Gasteiger partial charge in [-0.3, -0.25) is 9.80 Å². The molecule has 0 radical (unpaired) electrons. The van der Waals surface area contributed by atoms with Crippen LogP contribution in [0.5, 0.6) is 0 Å². The van der Waals surface area contributed by atoms with Gasteiger partial charge in [0.1, 0.15) is 5.82 Å². The number of rotatable bonds is 4. The van der Waals surface area contributed by atoms with E-state index in [0.29, 0.717) is 6.04 Å². The summed E-state index contributed by atoms with van der Waals surface area (Å²) in [6.45, 7) is 7.33. The first-order valence-electron chi connectivity index (χ1n) is 8.07. The molecule has 2 heterocycles. The average molecular weight is 309 g/mol. The van der Waals surface area contributed by atoms with Gasteiger partial charge in [-0.2, -0.15) is 5.26 Å². The fourth-order valence-electron chi connectivity index (χ4n) is 3.12. The van der Waals surface area contributed by atoms with Crippen molar-refractivity contribution in [2.75, 3.05) is 19.6 Å². The smallest absolute Gasteiger partial charge is 0.122 e. The standard InChI is InChI=1S/C18H23N5/c1-15-12-22(13-17-5-3-16(11-19)4-6-17)9-10-23(15)14-18-20-7-8-21(18)2/h3-8,15H,9-10,12-14H2,1-2H3/t15-/m1/s1. The first kappa shape index (κ1) is 15.7. The molecule has 0 bridgehead atoms. The molecule has 1 aliphatic rings. The highest BCUT2D eigenvalue weighted by Crippen LogP contribution is 2.15. The SMILES string of the molecule is C[C@@H]1CN(Cc2ccc(C#N)cc2)CCN1Cc1nccn1C. The van der Waals surface area contributed by atoms with Crippen LogP contribution in [0.2, 0.25) is 0 Å². The lowest BCUT2D eigenvalue weighted by Crippen LogP contribution is -2.51. The van der Waals surface area contributed by atoms with E-state index in [1.165, 1.54) is 5.56 Å². The van der Waals surface area contributed by atoms with E-state index in [1.807, 2.05) is 31.6 Å². The second kappa shape index (κ2) is 6.95. The number of nitriles is 1. The Hall–Kier alpha value is -2.16. The highest BCUT2D eigenvalue weighted by Gasteiger charge is 2.24. The third-order valence-electron chi connectivity index (χ3n) is 4.60. The van der Waals surface area contributed by atoms with E-state index in [0.717, 1.165) is 44.1 Å². The van der Waals surface area contributed by atoms with E-state index in [4.69, 9.17) is 5.26 Å². The number of imidazole rings is 1. The predicted octanol–water partition coefficient (Wildman–Crippen LogP) is 2.00. The summed E-state index contributed by atoms with van der Waals surface area (Å²) in [5.41, 5.74) is 2.00. The third kappa shape index (κ3) is 3.79. The van der Waals surface area contributed by atoms with Gasteiger partial charge in [0.2, 0.25) is 0 Å². The van der Waals surface area contributed by atoms with Gasteiger partial charge in [0.05, 0.1) is 18.2 Å². The number of hydrogen-bond acceptors (Lipinski definition) is 4. The summed E-state index contributed by atoms with van der Waals surface area (Å²) in [6, 6.07) is 10.6. The van der Waals surface area contributed by atoms with Gasteiger partial charge in [0, 0.05) is 51.7 Å². The molecule has 2 aromatic rings. The van der Waals surface area contributed by atoms with Crippen molar-refractivity contribution in [1.29, 1.82) is 5.26 Å². The van der Waals surface area contributed by atoms with Crippen LogP contribution in [-0.2, 0) is 20.1 Å². The Morgan fingerprint density at radius 2 is 2.00 bits per heavy atom. The topological polar surface area (TPSA) is 48.1 Å². The first-order valence-corrected chi connectivity index (χ1v) is 8.07. The molecule has 1 aromatic carbocycles. The summed E-state index contributed by atoms with van der Waals surface area (Å²) in [5.74, 6) is 1.12. The van der Waals surface area contributed by atoms with Crippen LogP contribution in [0.25, 0.3) is 0 Å². The highest BCUT2D eigenvalue weighted by molar-refractivity contribution is 5.31. The molecule has 1 aliphatic heterocycles. The number of benzene rings is 1. The van der Waals surface area contributed by atoms with Crippen molar-refractivity contribution in [3.05, 3.63) is 53.6 Å². The molecule has 5 nitrogen and oxygen atoms in total. The summed E-state index contributed by atoms with van der Waals surface area (Å²) in [7, 11) is 2.05. The van der Waals surface area contributed by atoms with Crippen molar-refractivity contribution in [2.45, 2.75) is 26.1 Å². The van der Waals surface area contributed by atoms with E-state index < -0.39 is 0 Å². The Balaban J connectivity index is 1.55. The maximum Gasteiger partial charge on any atom is 0.122 e. The second-order valence-corrected chi connectivity index (χ2v) is 6.32. The molecule has 3 rings (SSSR count). The van der Waals surface area contributed by atoms with Crippen molar-refractivity contribution >= 4 is 0 Å². The van der Waals surface area contributed by atoms with Crippen LogP contribution >= 0.6 is 0 Å². The Morgan fingerprint density at radius 1 is 1.22 bits per heavy atom. The predicted molar refractivity (Wildman–Crippen MR) is 89.5 cm³/mol. The van der Waals surface area contributed by atoms with Gasteiger partial charge in [-0.25, -0.2) is 4.98 Å². The van der Waals surface area contributed by atoms with Crippen molar-refractivity contribution < 1.29 is 0 Å². The van der Waals surface area contributed by atoms with Gasteiger partial charge in [-0.1, -0.05) is 12.1 Å². The van der Waals surface area contributed by atoms with Crippen LogP contribution in [0.1, 0.15) is 23.9 Å². The van der Waals surface area contributed by atoms with Crippen LogP contribution < -0.4 is 0 Å². The highest BCUT2D eigenvalue weighted by atomic mass is 15.3. The summed E-state index contributed by atoms with van der Waals surface area (Å²) in [5, 5.41) is 8.87. The van der Waals surface area contributed by atoms with Gasteiger partial charge in [-0.15, -0.1) is 0 Å². The summed E-state index contributed by atoms with van der Waals surface area (Å²) < 4.78 is 2.09. The normalized spacial score (nSPS) is 19.6. The molecule has 1 saturated heterocycles. The lowest BCUT2D eigenvalue weighted by Gasteiger charge is -2.39. The van der Waals surface area contributed by atoms with Crippen LogP contribution in [0, 0.1) is 11.3 Å². The Kier molecular flexibility index (Phi) is 4.75. The molecule has 0 amide bonds. The minimum atomic E-state index is 0.513. The van der Waals surface area contributed by atoms with Crippen molar-refractivity contribution in [3.8, 4) is 6.07 Å². The molecule has 120 valence electrons. The van der Waals surface area contributed by atoms with Crippen LogP contribution in [0.4, 0.5) is 0 Å². The summed E-state index contributed by atoms with van der Waals surface area (Å²) in [6.07, 6.45) is 3.86. The van der Waals surface area contributed by atoms with E-state index >= 15 is 0 Å². The second-order valence-electron chi connectivity index (χ2n) is 6.32. The molecule has 23 heavy (non-hydrogen) atoms. The molecule has 0 aliphatic carbocycles. The Morgan fingerprint density at radius 3 is 2.61 bits per heavy atom. The zero-order valence-electron chi connectivity index (χ0n) is 13.8. The summed E-state index contributed by atoms with van der Waals surface area (Å²) >= 11 is 0. The maximum absolute atomic E-state index is 8.87. The molecule has 1 atom stereocenters.